The van der Waals surface area contributed by atoms with Crippen LogP contribution in [0.5, 0.6) is 5.75 Å². The number of hydrogen-bond acceptors (Lipinski definition) is 6. The molecular formula is C22H19BrN4O3. The van der Waals surface area contributed by atoms with Gasteiger partial charge in [0.1, 0.15) is 30.0 Å². The minimum absolute atomic E-state index is 0.148. The molecule has 0 N–H and O–H groups in total. The number of benzene rings is 1. The van der Waals surface area contributed by atoms with E-state index in [4.69, 9.17) is 9.15 Å². The number of ether oxygens (including phenoxy) is 1. The summed E-state index contributed by atoms with van der Waals surface area (Å²) in [7, 11) is 0. The highest BCUT2D eigenvalue weighted by molar-refractivity contribution is 9.10. The maximum Gasteiger partial charge on any atom is 0.289 e. The summed E-state index contributed by atoms with van der Waals surface area (Å²) in [5, 5.41) is 9.26. The standard InChI is InChI=1S/C22H19BrN4O3/c23-17-4-1-5-18(13-17)29-15-19-6-7-20(30-19)22(28)27-11-9-26(10-12-27)21-16(14-24)3-2-8-25-21/h1-8,13H,9-12,15H2. The molecule has 1 fully saturated rings. The van der Waals surface area contributed by atoms with Gasteiger partial charge >= 0.3 is 0 Å². The van der Waals surface area contributed by atoms with Crippen LogP contribution in [0.2, 0.25) is 0 Å². The normalized spacial score (nSPS) is 13.7. The third kappa shape index (κ3) is 4.47. The molecule has 1 saturated heterocycles. The van der Waals surface area contributed by atoms with E-state index in [1.165, 1.54) is 0 Å². The summed E-state index contributed by atoms with van der Waals surface area (Å²) in [6, 6.07) is 16.6. The van der Waals surface area contributed by atoms with Crippen molar-refractivity contribution in [3.63, 3.8) is 0 Å². The first-order valence-corrected chi connectivity index (χ1v) is 10.3. The number of aromatic nitrogens is 1. The summed E-state index contributed by atoms with van der Waals surface area (Å²) in [5.74, 6) is 2.12. The van der Waals surface area contributed by atoms with Gasteiger partial charge in [-0.25, -0.2) is 4.98 Å². The SMILES string of the molecule is N#Cc1cccnc1N1CCN(C(=O)c2ccc(COc3cccc(Br)c3)o2)CC1. The lowest BCUT2D eigenvalue weighted by atomic mass is 10.2. The number of amides is 1. The van der Waals surface area contributed by atoms with Gasteiger partial charge in [-0.1, -0.05) is 22.0 Å². The maximum absolute atomic E-state index is 12.8. The third-order valence-corrected chi connectivity index (χ3v) is 5.32. The second-order valence-corrected chi connectivity index (χ2v) is 7.69. The number of rotatable bonds is 5. The first-order valence-electron chi connectivity index (χ1n) is 9.50. The quantitative estimate of drug-likeness (QED) is 0.567. The number of nitriles is 1. The van der Waals surface area contributed by atoms with Crippen molar-refractivity contribution < 1.29 is 13.9 Å². The van der Waals surface area contributed by atoms with Crippen LogP contribution in [-0.2, 0) is 6.61 Å². The van der Waals surface area contributed by atoms with Crippen LogP contribution >= 0.6 is 15.9 Å². The van der Waals surface area contributed by atoms with Crippen molar-refractivity contribution in [2.24, 2.45) is 0 Å². The van der Waals surface area contributed by atoms with Gasteiger partial charge in [-0.2, -0.15) is 5.26 Å². The summed E-state index contributed by atoms with van der Waals surface area (Å²) in [6.07, 6.45) is 1.67. The van der Waals surface area contributed by atoms with E-state index in [-0.39, 0.29) is 12.5 Å². The molecule has 0 saturated carbocycles. The molecule has 1 aliphatic heterocycles. The van der Waals surface area contributed by atoms with Crippen molar-refractivity contribution in [1.29, 1.82) is 5.26 Å². The van der Waals surface area contributed by atoms with E-state index in [2.05, 4.69) is 27.0 Å². The highest BCUT2D eigenvalue weighted by Crippen LogP contribution is 2.21. The number of nitrogens with zero attached hydrogens (tertiary/aromatic N) is 4. The first kappa shape index (κ1) is 20.0. The van der Waals surface area contributed by atoms with Gasteiger partial charge in [0.15, 0.2) is 5.76 Å². The second-order valence-electron chi connectivity index (χ2n) is 6.78. The van der Waals surface area contributed by atoms with Gasteiger partial charge in [0.05, 0.1) is 5.56 Å². The van der Waals surface area contributed by atoms with E-state index in [0.717, 1.165) is 10.2 Å². The second kappa shape index (κ2) is 9.01. The molecule has 0 bridgehead atoms. The number of piperazine rings is 1. The van der Waals surface area contributed by atoms with Crippen LogP contribution in [0.1, 0.15) is 21.9 Å². The molecule has 0 atom stereocenters. The van der Waals surface area contributed by atoms with E-state index in [9.17, 15) is 10.1 Å². The van der Waals surface area contributed by atoms with Gasteiger partial charge < -0.3 is 19.0 Å². The van der Waals surface area contributed by atoms with Gasteiger partial charge in [0.25, 0.3) is 5.91 Å². The van der Waals surface area contributed by atoms with Gasteiger partial charge in [-0.05, 0) is 42.5 Å². The zero-order chi connectivity index (χ0) is 20.9. The minimum atomic E-state index is -0.148. The van der Waals surface area contributed by atoms with Crippen LogP contribution in [0.25, 0.3) is 0 Å². The van der Waals surface area contributed by atoms with Gasteiger partial charge in [0.2, 0.25) is 0 Å². The van der Waals surface area contributed by atoms with Crippen molar-refractivity contribution in [3.8, 4) is 11.8 Å². The maximum atomic E-state index is 12.8. The molecule has 1 aromatic carbocycles. The number of carbonyl (C=O) groups excluding carboxylic acids is 1. The fourth-order valence-electron chi connectivity index (χ4n) is 3.30. The van der Waals surface area contributed by atoms with Crippen molar-refractivity contribution in [3.05, 3.63) is 76.3 Å². The smallest absolute Gasteiger partial charge is 0.289 e. The van der Waals surface area contributed by atoms with Gasteiger partial charge in [-0.3, -0.25) is 4.79 Å². The fourth-order valence-corrected chi connectivity index (χ4v) is 3.67. The Kier molecular flexibility index (Phi) is 6.00. The topological polar surface area (TPSA) is 82.6 Å². The molecule has 1 amide bonds. The predicted molar refractivity (Wildman–Crippen MR) is 114 cm³/mol. The van der Waals surface area contributed by atoms with E-state index in [0.29, 0.717) is 49.1 Å². The largest absolute Gasteiger partial charge is 0.486 e. The summed E-state index contributed by atoms with van der Waals surface area (Å²) in [4.78, 5) is 20.9. The molecule has 152 valence electrons. The van der Waals surface area contributed by atoms with Crippen molar-refractivity contribution in [2.75, 3.05) is 31.1 Å². The van der Waals surface area contributed by atoms with E-state index < -0.39 is 0 Å². The number of pyridine rings is 1. The molecule has 0 aliphatic carbocycles. The molecule has 0 spiro atoms. The average molecular weight is 467 g/mol. The molecular weight excluding hydrogens is 448 g/mol. The minimum Gasteiger partial charge on any atom is -0.486 e. The molecule has 8 heteroatoms. The Morgan fingerprint density at radius 3 is 2.77 bits per heavy atom. The van der Waals surface area contributed by atoms with Crippen LogP contribution in [0, 0.1) is 11.3 Å². The van der Waals surface area contributed by atoms with Crippen molar-refractivity contribution in [1.82, 2.24) is 9.88 Å². The molecule has 3 heterocycles. The Morgan fingerprint density at radius 2 is 2.00 bits per heavy atom. The molecule has 0 unspecified atom stereocenters. The lowest BCUT2D eigenvalue weighted by Gasteiger charge is -2.35. The van der Waals surface area contributed by atoms with E-state index in [1.807, 2.05) is 29.2 Å². The van der Waals surface area contributed by atoms with Crippen LogP contribution in [0.4, 0.5) is 5.82 Å². The Labute approximate surface area is 182 Å². The lowest BCUT2D eigenvalue weighted by molar-refractivity contribution is 0.0710. The average Bonchev–Trinajstić information content (AvgIpc) is 3.26. The van der Waals surface area contributed by atoms with Crippen molar-refractivity contribution in [2.45, 2.75) is 6.61 Å². The number of carbonyl (C=O) groups is 1. The summed E-state index contributed by atoms with van der Waals surface area (Å²) < 4.78 is 12.3. The first-order chi connectivity index (χ1) is 14.6. The molecule has 3 aromatic rings. The Bertz CT molecular complexity index is 1080. The highest BCUT2D eigenvalue weighted by Gasteiger charge is 2.26. The van der Waals surface area contributed by atoms with E-state index in [1.54, 1.807) is 35.4 Å². The molecule has 0 radical (unpaired) electrons. The number of halogens is 1. The zero-order valence-corrected chi connectivity index (χ0v) is 17.7. The van der Waals surface area contributed by atoms with Gasteiger partial charge in [0, 0.05) is 36.8 Å². The Morgan fingerprint density at radius 1 is 1.17 bits per heavy atom. The van der Waals surface area contributed by atoms with Crippen LogP contribution in [-0.4, -0.2) is 42.0 Å². The predicted octanol–water partition coefficient (Wildman–Crippen LogP) is 3.85. The zero-order valence-electron chi connectivity index (χ0n) is 16.1. The fraction of sp³-hybridized carbons (Fsp3) is 0.227. The summed E-state index contributed by atoms with van der Waals surface area (Å²) in [5.41, 5.74) is 0.540. The van der Waals surface area contributed by atoms with Crippen LogP contribution in [0.15, 0.2) is 63.6 Å². The third-order valence-electron chi connectivity index (χ3n) is 4.82. The Hall–Kier alpha value is -3.31. The van der Waals surface area contributed by atoms with E-state index >= 15 is 0 Å². The number of hydrogen-bond donors (Lipinski definition) is 0. The lowest BCUT2D eigenvalue weighted by Crippen LogP contribution is -2.49. The molecule has 1 aliphatic rings. The van der Waals surface area contributed by atoms with Crippen molar-refractivity contribution >= 4 is 27.7 Å². The van der Waals surface area contributed by atoms with Crippen LogP contribution in [0.3, 0.4) is 0 Å². The number of anilines is 1. The molecule has 7 nitrogen and oxygen atoms in total. The highest BCUT2D eigenvalue weighted by atomic mass is 79.9. The molecule has 30 heavy (non-hydrogen) atoms. The monoisotopic (exact) mass is 466 g/mol. The Balaban J connectivity index is 1.34. The molecule has 4 rings (SSSR count). The van der Waals surface area contributed by atoms with Gasteiger partial charge in [-0.15, -0.1) is 0 Å². The van der Waals surface area contributed by atoms with Crippen LogP contribution < -0.4 is 9.64 Å². The summed E-state index contributed by atoms with van der Waals surface area (Å²) in [6.45, 7) is 2.53. The summed E-state index contributed by atoms with van der Waals surface area (Å²) >= 11 is 3.41. The number of furan rings is 1. The molecule has 2 aromatic heterocycles.